The fraction of sp³-hybridized carbons (Fsp3) is 0.421. The first kappa shape index (κ1) is 20.9. The number of aromatic nitrogens is 1. The monoisotopic (exact) mass is 424 g/mol. The lowest BCUT2D eigenvalue weighted by Crippen LogP contribution is -2.47. The van der Waals surface area contributed by atoms with Crippen LogP contribution >= 0.6 is 11.6 Å². The summed E-state index contributed by atoms with van der Waals surface area (Å²) in [5, 5.41) is 0.645. The molecule has 7 nitrogen and oxygen atoms in total. The van der Waals surface area contributed by atoms with E-state index in [1.165, 1.54) is 18.4 Å². The molecule has 0 bridgehead atoms. The van der Waals surface area contributed by atoms with Crippen molar-refractivity contribution in [3.8, 4) is 5.75 Å². The zero-order valence-electron chi connectivity index (χ0n) is 16.1. The summed E-state index contributed by atoms with van der Waals surface area (Å²) in [6.45, 7) is 5.07. The first-order valence-electron chi connectivity index (χ1n) is 9.10. The van der Waals surface area contributed by atoms with E-state index in [9.17, 15) is 8.42 Å². The number of hydrogen-bond donors (Lipinski definition) is 0. The average molecular weight is 425 g/mol. The van der Waals surface area contributed by atoms with Crippen molar-refractivity contribution in [2.24, 2.45) is 0 Å². The van der Waals surface area contributed by atoms with Gasteiger partial charge in [-0.1, -0.05) is 11.6 Å². The maximum atomic E-state index is 12.1. The van der Waals surface area contributed by atoms with E-state index in [1.807, 2.05) is 12.1 Å². The predicted molar refractivity (Wildman–Crippen MR) is 111 cm³/mol. The van der Waals surface area contributed by atoms with E-state index in [0.29, 0.717) is 17.4 Å². The number of halogens is 1. The number of ether oxygens (including phenoxy) is 1. The summed E-state index contributed by atoms with van der Waals surface area (Å²) in [5.41, 5.74) is 0. The summed E-state index contributed by atoms with van der Waals surface area (Å²) < 4.78 is 31.1. The molecule has 0 saturated carbocycles. The molecule has 0 atom stereocenters. The highest BCUT2D eigenvalue weighted by atomic mass is 35.5. The van der Waals surface area contributed by atoms with Crippen molar-refractivity contribution in [3.63, 3.8) is 0 Å². The van der Waals surface area contributed by atoms with Crippen LogP contribution in [-0.2, 0) is 10.0 Å². The van der Waals surface area contributed by atoms with Crippen LogP contribution in [0.25, 0.3) is 0 Å². The normalized spacial score (nSPS) is 15.8. The van der Waals surface area contributed by atoms with Gasteiger partial charge in [0.15, 0.2) is 0 Å². The molecule has 152 valence electrons. The minimum atomic E-state index is -3.41. The topological polar surface area (TPSA) is 66.0 Å². The highest BCUT2D eigenvalue weighted by Crippen LogP contribution is 2.19. The van der Waals surface area contributed by atoms with Crippen molar-refractivity contribution < 1.29 is 13.2 Å². The van der Waals surface area contributed by atoms with Crippen LogP contribution in [0, 0.1) is 0 Å². The lowest BCUT2D eigenvalue weighted by molar-refractivity contribution is 0.200. The van der Waals surface area contributed by atoms with Gasteiger partial charge in [-0.15, -0.1) is 0 Å². The molecular weight excluding hydrogens is 400 g/mol. The van der Waals surface area contributed by atoms with Gasteiger partial charge in [0.1, 0.15) is 18.2 Å². The molecule has 0 amide bonds. The number of hydrogen-bond acceptors (Lipinski definition) is 6. The number of sulfonamides is 1. The quantitative estimate of drug-likeness (QED) is 0.678. The lowest BCUT2D eigenvalue weighted by atomic mass is 10.3. The molecule has 1 aliphatic heterocycles. The Bertz CT molecular complexity index is 865. The molecule has 0 N–H and O–H groups in total. The zero-order valence-corrected chi connectivity index (χ0v) is 17.7. The van der Waals surface area contributed by atoms with Gasteiger partial charge >= 0.3 is 0 Å². The Kier molecular flexibility index (Phi) is 6.77. The van der Waals surface area contributed by atoms with Gasteiger partial charge in [0.2, 0.25) is 10.0 Å². The van der Waals surface area contributed by atoms with Crippen LogP contribution in [0.1, 0.15) is 0 Å². The van der Waals surface area contributed by atoms with Crippen LogP contribution < -0.4 is 9.64 Å². The zero-order chi connectivity index (χ0) is 20.1. The Balaban J connectivity index is 1.43. The van der Waals surface area contributed by atoms with Crippen molar-refractivity contribution in [1.82, 2.24) is 14.2 Å². The van der Waals surface area contributed by atoms with E-state index in [2.05, 4.69) is 14.8 Å². The molecule has 0 aliphatic carbocycles. The molecule has 2 aromatic rings. The summed E-state index contributed by atoms with van der Waals surface area (Å²) in [6.07, 6.45) is 1.67. The van der Waals surface area contributed by atoms with Crippen LogP contribution in [0.4, 0.5) is 5.82 Å². The highest BCUT2D eigenvalue weighted by molar-refractivity contribution is 7.89. The molecule has 1 aliphatic rings. The minimum absolute atomic E-state index is 0.261. The van der Waals surface area contributed by atoms with Crippen LogP contribution in [0.2, 0.25) is 5.02 Å². The third kappa shape index (κ3) is 5.14. The molecular formula is C19H25ClN4O3S. The van der Waals surface area contributed by atoms with Crippen LogP contribution in [0.5, 0.6) is 5.75 Å². The molecule has 0 spiro atoms. The van der Waals surface area contributed by atoms with Crippen LogP contribution in [-0.4, -0.2) is 76.0 Å². The van der Waals surface area contributed by atoms with Crippen molar-refractivity contribution in [3.05, 3.63) is 47.6 Å². The second-order valence-electron chi connectivity index (χ2n) is 6.77. The van der Waals surface area contributed by atoms with E-state index < -0.39 is 10.0 Å². The van der Waals surface area contributed by atoms with E-state index in [0.717, 1.165) is 38.5 Å². The van der Waals surface area contributed by atoms with E-state index >= 15 is 0 Å². The summed E-state index contributed by atoms with van der Waals surface area (Å²) >= 11 is 5.89. The second kappa shape index (κ2) is 9.09. The molecule has 1 fully saturated rings. The van der Waals surface area contributed by atoms with Gasteiger partial charge in [-0.25, -0.2) is 17.7 Å². The van der Waals surface area contributed by atoms with Gasteiger partial charge in [0.25, 0.3) is 0 Å². The second-order valence-corrected chi connectivity index (χ2v) is 9.36. The fourth-order valence-corrected chi connectivity index (χ4v) is 3.98. The number of pyridine rings is 1. The Labute approximate surface area is 171 Å². The van der Waals surface area contributed by atoms with E-state index in [1.54, 1.807) is 30.5 Å². The summed E-state index contributed by atoms with van der Waals surface area (Å²) in [6, 6.07) is 10.3. The summed E-state index contributed by atoms with van der Waals surface area (Å²) in [5.74, 6) is 1.62. The van der Waals surface area contributed by atoms with Gasteiger partial charge < -0.3 is 9.64 Å². The predicted octanol–water partition coefficient (Wildman–Crippen LogP) is 2.19. The summed E-state index contributed by atoms with van der Waals surface area (Å²) in [4.78, 5) is 9.22. The minimum Gasteiger partial charge on any atom is -0.492 e. The highest BCUT2D eigenvalue weighted by Gasteiger charge is 2.18. The largest absolute Gasteiger partial charge is 0.492 e. The Morgan fingerprint density at radius 1 is 1.07 bits per heavy atom. The molecule has 28 heavy (non-hydrogen) atoms. The number of anilines is 1. The molecule has 1 aromatic heterocycles. The number of benzene rings is 1. The smallest absolute Gasteiger partial charge is 0.242 e. The van der Waals surface area contributed by atoms with Gasteiger partial charge in [-0.2, -0.15) is 0 Å². The van der Waals surface area contributed by atoms with Gasteiger partial charge in [-0.3, -0.25) is 4.90 Å². The molecule has 0 radical (unpaired) electrons. The maximum Gasteiger partial charge on any atom is 0.242 e. The average Bonchev–Trinajstić information content (AvgIpc) is 2.69. The molecule has 9 heteroatoms. The van der Waals surface area contributed by atoms with Crippen LogP contribution in [0.15, 0.2) is 47.5 Å². The molecule has 0 unspecified atom stereocenters. The van der Waals surface area contributed by atoms with Crippen molar-refractivity contribution >= 4 is 27.4 Å². The first-order valence-corrected chi connectivity index (χ1v) is 10.9. The number of nitrogens with zero attached hydrogens (tertiary/aromatic N) is 4. The first-order chi connectivity index (χ1) is 13.4. The third-order valence-electron chi connectivity index (χ3n) is 4.69. The van der Waals surface area contributed by atoms with Crippen molar-refractivity contribution in [2.45, 2.75) is 4.90 Å². The fourth-order valence-electron chi connectivity index (χ4n) is 2.97. The number of rotatable bonds is 7. The Morgan fingerprint density at radius 3 is 2.32 bits per heavy atom. The standard InChI is InChI=1S/C19H25ClN4O3S/c1-22(2)28(25,26)18-6-4-17(5-7-18)27-14-13-23-9-11-24(12-10-23)19-8-3-16(20)15-21-19/h3-8,15H,9-14H2,1-2H3. The van der Waals surface area contributed by atoms with Crippen LogP contribution in [0.3, 0.4) is 0 Å². The van der Waals surface area contributed by atoms with Crippen molar-refractivity contribution in [1.29, 1.82) is 0 Å². The SMILES string of the molecule is CN(C)S(=O)(=O)c1ccc(OCCN2CCN(c3ccc(Cl)cn3)CC2)cc1. The molecule has 1 aromatic carbocycles. The lowest BCUT2D eigenvalue weighted by Gasteiger charge is -2.35. The van der Waals surface area contributed by atoms with Gasteiger partial charge in [-0.05, 0) is 36.4 Å². The van der Waals surface area contributed by atoms with Gasteiger partial charge in [0.05, 0.1) is 9.92 Å². The molecule has 2 heterocycles. The van der Waals surface area contributed by atoms with E-state index in [-0.39, 0.29) is 4.90 Å². The third-order valence-corrected chi connectivity index (χ3v) is 6.74. The number of piperazine rings is 1. The van der Waals surface area contributed by atoms with E-state index in [4.69, 9.17) is 16.3 Å². The Morgan fingerprint density at radius 2 is 1.75 bits per heavy atom. The molecule has 1 saturated heterocycles. The van der Waals surface area contributed by atoms with Crippen molar-refractivity contribution in [2.75, 3.05) is 58.3 Å². The Hall–Kier alpha value is -1.87. The maximum absolute atomic E-state index is 12.1. The molecule has 3 rings (SSSR count). The van der Waals surface area contributed by atoms with Gasteiger partial charge in [0, 0.05) is 53.0 Å². The summed E-state index contributed by atoms with van der Waals surface area (Å²) in [7, 11) is -0.377.